The highest BCUT2D eigenvalue weighted by atomic mass is 16.5. The molecule has 1 aromatic carbocycles. The molecule has 1 aromatic heterocycles. The lowest BCUT2D eigenvalue weighted by Crippen LogP contribution is -2.36. The van der Waals surface area contributed by atoms with E-state index >= 15 is 0 Å². The van der Waals surface area contributed by atoms with Crippen molar-refractivity contribution in [1.82, 2.24) is 14.5 Å². The van der Waals surface area contributed by atoms with Crippen LogP contribution in [0.25, 0.3) is 5.70 Å². The summed E-state index contributed by atoms with van der Waals surface area (Å²) in [5.41, 5.74) is 5.73. The van der Waals surface area contributed by atoms with Gasteiger partial charge in [-0.15, -0.1) is 0 Å². The fourth-order valence-corrected chi connectivity index (χ4v) is 4.18. The van der Waals surface area contributed by atoms with E-state index in [1.54, 1.807) is 13.4 Å². The second-order valence-electron chi connectivity index (χ2n) is 8.09. The molecule has 2 aliphatic heterocycles. The van der Waals surface area contributed by atoms with E-state index < -0.39 is 0 Å². The summed E-state index contributed by atoms with van der Waals surface area (Å²) in [6.07, 6.45) is 6.66. The van der Waals surface area contributed by atoms with Crippen molar-refractivity contribution in [3.63, 3.8) is 0 Å². The Morgan fingerprint density at radius 2 is 2.07 bits per heavy atom. The van der Waals surface area contributed by atoms with Crippen molar-refractivity contribution in [2.24, 2.45) is 4.99 Å². The van der Waals surface area contributed by atoms with Crippen LogP contribution in [0.4, 0.5) is 0 Å². The molecule has 4 rings (SSSR count). The number of aliphatic imine (C=N–C) groups is 1. The summed E-state index contributed by atoms with van der Waals surface area (Å²) in [5, 5.41) is 0. The number of aromatic nitrogens is 2. The van der Waals surface area contributed by atoms with Gasteiger partial charge in [-0.05, 0) is 23.5 Å². The fraction of sp³-hybridized carbons (Fsp3) is 0.435. The third-order valence-corrected chi connectivity index (χ3v) is 5.72. The molecule has 1 amide bonds. The molecule has 6 nitrogen and oxygen atoms in total. The van der Waals surface area contributed by atoms with Gasteiger partial charge >= 0.3 is 0 Å². The zero-order chi connectivity index (χ0) is 20.5. The van der Waals surface area contributed by atoms with E-state index in [0.717, 1.165) is 29.2 Å². The van der Waals surface area contributed by atoms with Gasteiger partial charge in [0.15, 0.2) is 0 Å². The Labute approximate surface area is 171 Å². The summed E-state index contributed by atoms with van der Waals surface area (Å²) in [5.74, 6) is 1.43. The van der Waals surface area contributed by atoms with Crippen molar-refractivity contribution in [3.05, 3.63) is 59.2 Å². The van der Waals surface area contributed by atoms with Gasteiger partial charge in [0.2, 0.25) is 5.91 Å². The monoisotopic (exact) mass is 392 g/mol. The molecule has 2 aliphatic rings. The number of ether oxygens (including phenoxy) is 1. The largest absolute Gasteiger partial charge is 0.384 e. The number of amides is 1. The quantitative estimate of drug-likeness (QED) is 0.801. The van der Waals surface area contributed by atoms with Gasteiger partial charge in [0.05, 0.1) is 18.0 Å². The Balaban J connectivity index is 1.76. The van der Waals surface area contributed by atoms with E-state index in [9.17, 15) is 4.79 Å². The van der Waals surface area contributed by atoms with Crippen LogP contribution in [0, 0.1) is 0 Å². The fourth-order valence-electron chi connectivity index (χ4n) is 4.18. The highest BCUT2D eigenvalue weighted by molar-refractivity contribution is 6.06. The second kappa shape index (κ2) is 7.95. The van der Waals surface area contributed by atoms with Crippen molar-refractivity contribution in [2.75, 3.05) is 26.8 Å². The number of hydrogen-bond acceptors (Lipinski definition) is 4. The summed E-state index contributed by atoms with van der Waals surface area (Å²) in [6, 6.07) is 6.41. The van der Waals surface area contributed by atoms with Crippen LogP contribution >= 0.6 is 0 Å². The molecule has 3 heterocycles. The van der Waals surface area contributed by atoms with Crippen LogP contribution in [-0.2, 0) is 16.0 Å². The average Bonchev–Trinajstić information content (AvgIpc) is 3.14. The van der Waals surface area contributed by atoms with Crippen LogP contribution in [0.5, 0.6) is 0 Å². The number of rotatable bonds is 4. The lowest BCUT2D eigenvalue weighted by molar-refractivity contribution is -0.126. The van der Waals surface area contributed by atoms with E-state index in [2.05, 4.69) is 48.9 Å². The molecule has 6 heteroatoms. The number of fused-ring (bicyclic) bond motifs is 3. The number of nitrogens with zero attached hydrogens (tertiary/aromatic N) is 4. The molecule has 0 saturated heterocycles. The van der Waals surface area contributed by atoms with Gasteiger partial charge in [-0.3, -0.25) is 14.4 Å². The van der Waals surface area contributed by atoms with Crippen LogP contribution in [0.15, 0.2) is 41.8 Å². The summed E-state index contributed by atoms with van der Waals surface area (Å²) in [6.45, 7) is 7.98. The van der Waals surface area contributed by atoms with Gasteiger partial charge in [-0.2, -0.15) is 0 Å². The average molecular weight is 393 g/mol. The number of carbonyl (C=O) groups excluding carboxylic acids is 1. The van der Waals surface area contributed by atoms with E-state index in [1.807, 2.05) is 21.7 Å². The van der Waals surface area contributed by atoms with Crippen molar-refractivity contribution >= 4 is 17.4 Å². The summed E-state index contributed by atoms with van der Waals surface area (Å²) in [4.78, 5) is 23.8. The van der Waals surface area contributed by atoms with Crippen molar-refractivity contribution in [2.45, 2.75) is 39.0 Å². The number of benzene rings is 1. The second-order valence-corrected chi connectivity index (χ2v) is 8.09. The van der Waals surface area contributed by atoms with Gasteiger partial charge in [0, 0.05) is 37.4 Å². The summed E-state index contributed by atoms with van der Waals surface area (Å²) < 4.78 is 7.15. The summed E-state index contributed by atoms with van der Waals surface area (Å²) >= 11 is 0. The maximum atomic E-state index is 12.8. The number of allylic oxidation sites excluding steroid dienone is 1. The molecule has 2 aromatic rings. The maximum Gasteiger partial charge on any atom is 0.248 e. The number of carbonyl (C=O) groups is 1. The lowest BCUT2D eigenvalue weighted by atomic mass is 9.87. The highest BCUT2D eigenvalue weighted by Crippen LogP contribution is 2.34. The highest BCUT2D eigenvalue weighted by Gasteiger charge is 2.29. The predicted octanol–water partition coefficient (Wildman–Crippen LogP) is 3.44. The molecule has 0 bridgehead atoms. The van der Waals surface area contributed by atoms with E-state index in [-0.39, 0.29) is 18.4 Å². The lowest BCUT2D eigenvalue weighted by Gasteiger charge is -2.32. The maximum absolute atomic E-state index is 12.8. The topological polar surface area (TPSA) is 59.7 Å². The van der Waals surface area contributed by atoms with Gasteiger partial charge in [0.25, 0.3) is 0 Å². The molecule has 0 fully saturated rings. The van der Waals surface area contributed by atoms with Crippen molar-refractivity contribution in [1.29, 1.82) is 0 Å². The Kier molecular flexibility index (Phi) is 5.37. The Bertz CT molecular complexity index is 987. The predicted molar refractivity (Wildman–Crippen MR) is 114 cm³/mol. The zero-order valence-corrected chi connectivity index (χ0v) is 17.6. The van der Waals surface area contributed by atoms with Crippen LogP contribution in [-0.4, -0.2) is 53.0 Å². The minimum absolute atomic E-state index is 0.0416. The number of hydrogen-bond donors (Lipinski definition) is 0. The molecule has 0 saturated carbocycles. The standard InChI is InChI=1S/C23H28N4O2/c1-15(2)17-6-5-7-19-18(17)8-9-27-21(19)10-22(24-11-23(27)28)26-12-20(25-14-26)16(3)13-29-4/h5-7,10,12,14-16H,8-9,11,13H2,1-4H3. The van der Waals surface area contributed by atoms with Crippen LogP contribution in [0.1, 0.15) is 55.0 Å². The van der Waals surface area contributed by atoms with Crippen molar-refractivity contribution < 1.29 is 9.53 Å². The molecular formula is C23H28N4O2. The first-order valence-electron chi connectivity index (χ1n) is 10.2. The molecule has 0 radical (unpaired) electrons. The zero-order valence-electron chi connectivity index (χ0n) is 17.6. The SMILES string of the molecule is COCC(C)c1cn(C2=NCC(=O)N3CCc4c(cccc4C(C)C)C3=C2)cn1. The minimum Gasteiger partial charge on any atom is -0.384 e. The van der Waals surface area contributed by atoms with Gasteiger partial charge < -0.3 is 9.64 Å². The normalized spacial score (nSPS) is 17.4. The smallest absolute Gasteiger partial charge is 0.248 e. The molecule has 29 heavy (non-hydrogen) atoms. The van der Waals surface area contributed by atoms with Crippen LogP contribution in [0.3, 0.4) is 0 Å². The van der Waals surface area contributed by atoms with Gasteiger partial charge in [-0.1, -0.05) is 39.0 Å². The third kappa shape index (κ3) is 3.65. The first-order valence-corrected chi connectivity index (χ1v) is 10.2. The third-order valence-electron chi connectivity index (χ3n) is 5.72. The molecule has 0 N–H and O–H groups in total. The van der Waals surface area contributed by atoms with Gasteiger partial charge in [0.1, 0.15) is 18.7 Å². The number of methoxy groups -OCH3 is 1. The number of imidazole rings is 1. The Morgan fingerprint density at radius 1 is 1.24 bits per heavy atom. The molecule has 1 unspecified atom stereocenters. The van der Waals surface area contributed by atoms with Crippen LogP contribution in [0.2, 0.25) is 0 Å². The molecule has 0 aliphatic carbocycles. The Morgan fingerprint density at radius 3 is 2.83 bits per heavy atom. The Hall–Kier alpha value is -2.73. The molecule has 1 atom stereocenters. The van der Waals surface area contributed by atoms with Crippen LogP contribution < -0.4 is 0 Å². The molecular weight excluding hydrogens is 364 g/mol. The van der Waals surface area contributed by atoms with Gasteiger partial charge in [-0.25, -0.2) is 4.98 Å². The first kappa shape index (κ1) is 19.6. The van der Waals surface area contributed by atoms with Crippen molar-refractivity contribution in [3.8, 4) is 0 Å². The minimum atomic E-state index is 0.0416. The first-order chi connectivity index (χ1) is 14.0. The van der Waals surface area contributed by atoms with E-state index in [1.165, 1.54) is 11.1 Å². The molecule has 152 valence electrons. The summed E-state index contributed by atoms with van der Waals surface area (Å²) in [7, 11) is 1.69. The molecule has 0 spiro atoms. The van der Waals surface area contributed by atoms with E-state index in [0.29, 0.717) is 19.1 Å². The van der Waals surface area contributed by atoms with E-state index in [4.69, 9.17) is 4.74 Å².